The maximum Gasteiger partial charge on any atom is 0.339 e. The van der Waals surface area contributed by atoms with Crippen LogP contribution in [0, 0.1) is 0 Å². The van der Waals surface area contributed by atoms with Gasteiger partial charge in [0.2, 0.25) is 0 Å². The van der Waals surface area contributed by atoms with Gasteiger partial charge in [0.1, 0.15) is 5.76 Å². The number of hydrogen-bond acceptors (Lipinski definition) is 6. The van der Waals surface area contributed by atoms with E-state index in [9.17, 15) is 9.59 Å². The van der Waals surface area contributed by atoms with Crippen LogP contribution in [0.2, 0.25) is 0 Å². The molecule has 1 unspecified atom stereocenters. The van der Waals surface area contributed by atoms with E-state index in [1.165, 1.54) is 20.5 Å². The molecule has 6 heteroatoms. The highest BCUT2D eigenvalue weighted by Gasteiger charge is 2.35. The van der Waals surface area contributed by atoms with Crippen molar-refractivity contribution in [3.8, 4) is 0 Å². The minimum atomic E-state index is -0.735. The number of hydrogen-bond donors (Lipinski definition) is 1. The second-order valence-corrected chi connectivity index (χ2v) is 3.86. The molecule has 0 radical (unpaired) electrons. The van der Waals surface area contributed by atoms with Gasteiger partial charge in [-0.3, -0.25) is 0 Å². The maximum atomic E-state index is 11.9. The summed E-state index contributed by atoms with van der Waals surface area (Å²) in [5, 5.41) is 0. The minimum Gasteiger partial charge on any atom is -0.466 e. The first-order valence-electron chi connectivity index (χ1n) is 5.52. The van der Waals surface area contributed by atoms with Crippen LogP contribution in [-0.4, -0.2) is 32.2 Å². The Kier molecular flexibility index (Phi) is 3.52. The van der Waals surface area contributed by atoms with Crippen molar-refractivity contribution in [3.05, 3.63) is 41.4 Å². The minimum absolute atomic E-state index is 0.0701. The summed E-state index contributed by atoms with van der Waals surface area (Å²) >= 11 is 0. The Bertz CT molecular complexity index is 568. The topological polar surface area (TPSA) is 91.8 Å². The van der Waals surface area contributed by atoms with Crippen LogP contribution < -0.4 is 5.73 Å². The maximum absolute atomic E-state index is 11.9. The van der Waals surface area contributed by atoms with Gasteiger partial charge in [-0.15, -0.1) is 0 Å². The van der Waals surface area contributed by atoms with E-state index in [1.54, 1.807) is 18.2 Å². The van der Waals surface area contributed by atoms with Crippen LogP contribution in [0.1, 0.15) is 5.76 Å². The Labute approximate surface area is 109 Å². The Morgan fingerprint density at radius 3 is 2.47 bits per heavy atom. The first kappa shape index (κ1) is 13.1. The zero-order valence-corrected chi connectivity index (χ0v) is 10.5. The summed E-state index contributed by atoms with van der Waals surface area (Å²) in [5.74, 6) is -0.878. The fourth-order valence-corrected chi connectivity index (χ4v) is 1.97. The molecule has 100 valence electrons. The number of nitrogens with two attached hydrogens (primary N) is 1. The van der Waals surface area contributed by atoms with Gasteiger partial charge in [-0.05, 0) is 12.1 Å². The molecule has 19 heavy (non-hydrogen) atoms. The van der Waals surface area contributed by atoms with Crippen molar-refractivity contribution < 1.29 is 23.5 Å². The first-order chi connectivity index (χ1) is 9.10. The third kappa shape index (κ3) is 2.17. The number of methoxy groups -OCH3 is 2. The highest BCUT2D eigenvalue weighted by atomic mass is 16.5. The largest absolute Gasteiger partial charge is 0.466 e. The van der Waals surface area contributed by atoms with E-state index >= 15 is 0 Å². The molecule has 0 spiro atoms. The predicted octanol–water partition coefficient (Wildman–Crippen LogP) is 0.646. The summed E-state index contributed by atoms with van der Waals surface area (Å²) in [7, 11) is 2.45. The summed E-state index contributed by atoms with van der Waals surface area (Å²) < 4.78 is 14.6. The van der Waals surface area contributed by atoms with Crippen LogP contribution in [0.4, 0.5) is 0 Å². The molecule has 2 rings (SSSR count). The lowest BCUT2D eigenvalue weighted by atomic mass is 10.0. The molecule has 0 bridgehead atoms. The second kappa shape index (κ2) is 5.11. The second-order valence-electron chi connectivity index (χ2n) is 3.86. The smallest absolute Gasteiger partial charge is 0.339 e. The molecule has 0 aromatic carbocycles. The van der Waals surface area contributed by atoms with Crippen LogP contribution in [-0.2, 0) is 19.1 Å². The Balaban J connectivity index is 2.56. The molecule has 6 nitrogen and oxygen atoms in total. The van der Waals surface area contributed by atoms with Crippen molar-refractivity contribution in [2.45, 2.75) is 6.04 Å². The summed E-state index contributed by atoms with van der Waals surface area (Å²) in [4.78, 5) is 23.6. The number of carbonyl (C=O) groups excluding carboxylic acids is 2. The Morgan fingerprint density at radius 2 is 1.95 bits per heavy atom. The molecule has 0 aliphatic heterocycles. The molecular weight excluding hydrogens is 250 g/mol. The monoisotopic (exact) mass is 263 g/mol. The normalized spacial score (nSPS) is 18.3. The molecule has 1 aliphatic carbocycles. The van der Waals surface area contributed by atoms with Gasteiger partial charge in [0.05, 0.1) is 37.7 Å². The zero-order valence-electron chi connectivity index (χ0n) is 10.5. The highest BCUT2D eigenvalue weighted by molar-refractivity contribution is 6.15. The van der Waals surface area contributed by atoms with Crippen molar-refractivity contribution >= 4 is 17.5 Å². The number of ether oxygens (including phenoxy) is 2. The molecule has 0 saturated heterocycles. The molecule has 1 atom stereocenters. The van der Waals surface area contributed by atoms with Crippen LogP contribution in [0.25, 0.3) is 5.57 Å². The van der Waals surface area contributed by atoms with Gasteiger partial charge in [0.25, 0.3) is 0 Å². The molecule has 1 heterocycles. The molecular formula is C13H13NO5. The highest BCUT2D eigenvalue weighted by Crippen LogP contribution is 2.34. The predicted molar refractivity (Wildman–Crippen MR) is 65.7 cm³/mol. The van der Waals surface area contributed by atoms with E-state index in [-0.39, 0.29) is 11.1 Å². The molecule has 2 N–H and O–H groups in total. The average molecular weight is 263 g/mol. The van der Waals surface area contributed by atoms with Gasteiger partial charge >= 0.3 is 11.9 Å². The summed E-state index contributed by atoms with van der Waals surface area (Å²) in [6.45, 7) is 0. The van der Waals surface area contributed by atoms with Gasteiger partial charge in [0, 0.05) is 5.57 Å². The molecule has 0 saturated carbocycles. The first-order valence-corrected chi connectivity index (χ1v) is 5.52. The molecule has 1 aromatic heterocycles. The molecule has 1 aliphatic rings. The van der Waals surface area contributed by atoms with Crippen molar-refractivity contribution in [1.29, 1.82) is 0 Å². The van der Waals surface area contributed by atoms with Crippen molar-refractivity contribution in [3.63, 3.8) is 0 Å². The Hall–Kier alpha value is -2.34. The van der Waals surface area contributed by atoms with Crippen molar-refractivity contribution in [2.24, 2.45) is 5.73 Å². The zero-order chi connectivity index (χ0) is 14.0. The van der Waals surface area contributed by atoms with Crippen LogP contribution in [0.3, 0.4) is 0 Å². The van der Waals surface area contributed by atoms with Gasteiger partial charge in [-0.25, -0.2) is 9.59 Å². The van der Waals surface area contributed by atoms with Crippen LogP contribution in [0.5, 0.6) is 0 Å². The van der Waals surface area contributed by atoms with E-state index in [0.717, 1.165) is 0 Å². The van der Waals surface area contributed by atoms with E-state index in [1.807, 2.05) is 0 Å². The van der Waals surface area contributed by atoms with E-state index in [0.29, 0.717) is 11.3 Å². The van der Waals surface area contributed by atoms with Crippen molar-refractivity contribution in [1.82, 2.24) is 0 Å². The summed E-state index contributed by atoms with van der Waals surface area (Å²) in [6, 6.07) is 2.61. The average Bonchev–Trinajstić information content (AvgIpc) is 3.03. The van der Waals surface area contributed by atoms with E-state index in [2.05, 4.69) is 4.74 Å². The number of rotatable bonds is 3. The summed E-state index contributed by atoms with van der Waals surface area (Å²) in [5.41, 5.74) is 6.44. The SMILES string of the molecule is COC(=O)C1=C(C(=O)OC)C(N)C=C1c1ccco1. The molecule has 0 fully saturated rings. The van der Waals surface area contributed by atoms with Gasteiger partial charge in [-0.1, -0.05) is 6.08 Å². The van der Waals surface area contributed by atoms with E-state index < -0.39 is 18.0 Å². The number of furan rings is 1. The van der Waals surface area contributed by atoms with Gasteiger partial charge in [0.15, 0.2) is 0 Å². The number of carbonyl (C=O) groups is 2. The standard InChI is InChI=1S/C13H13NO5/c1-17-12(15)10-7(9-4-3-5-19-9)6-8(14)11(10)13(16)18-2/h3-6,8H,14H2,1-2H3. The van der Waals surface area contributed by atoms with E-state index in [4.69, 9.17) is 14.9 Å². The Morgan fingerprint density at radius 1 is 1.26 bits per heavy atom. The van der Waals surface area contributed by atoms with Crippen LogP contribution >= 0.6 is 0 Å². The van der Waals surface area contributed by atoms with Crippen molar-refractivity contribution in [2.75, 3.05) is 14.2 Å². The lowest BCUT2D eigenvalue weighted by molar-refractivity contribution is -0.139. The van der Waals surface area contributed by atoms with Gasteiger partial charge < -0.3 is 19.6 Å². The number of esters is 2. The fourth-order valence-electron chi connectivity index (χ4n) is 1.97. The lowest BCUT2D eigenvalue weighted by Gasteiger charge is -2.09. The third-order valence-electron chi connectivity index (χ3n) is 2.80. The molecule has 1 aromatic rings. The fraction of sp³-hybridized carbons (Fsp3) is 0.231. The summed E-state index contributed by atoms with van der Waals surface area (Å²) in [6.07, 6.45) is 3.03. The lowest BCUT2D eigenvalue weighted by Crippen LogP contribution is -2.25. The quantitative estimate of drug-likeness (QED) is 0.805. The third-order valence-corrected chi connectivity index (χ3v) is 2.80. The molecule has 0 amide bonds. The van der Waals surface area contributed by atoms with Gasteiger partial charge in [-0.2, -0.15) is 0 Å². The van der Waals surface area contributed by atoms with Crippen LogP contribution in [0.15, 0.2) is 40.0 Å².